The molecule has 0 aliphatic carbocycles. The van der Waals surface area contributed by atoms with Gasteiger partial charge >= 0.3 is 5.97 Å². The zero-order valence-corrected chi connectivity index (χ0v) is 41.2. The molecule has 0 fully saturated rings. The van der Waals surface area contributed by atoms with Gasteiger partial charge in [0.15, 0.2) is 0 Å². The Balaban J connectivity index is 3.47. The highest BCUT2D eigenvalue weighted by Crippen LogP contribution is 2.17. The van der Waals surface area contributed by atoms with Crippen molar-refractivity contribution in [3.05, 3.63) is 12.2 Å². The molecule has 0 aromatic rings. The van der Waals surface area contributed by atoms with Gasteiger partial charge in [0.05, 0.1) is 25.4 Å². The first-order valence-corrected chi connectivity index (χ1v) is 27.4. The van der Waals surface area contributed by atoms with Gasteiger partial charge in [0, 0.05) is 12.8 Å². The molecule has 0 spiro atoms. The maximum atomic E-state index is 12.5. The lowest BCUT2D eigenvalue weighted by atomic mass is 10.0. The smallest absolute Gasteiger partial charge is 0.305 e. The van der Waals surface area contributed by atoms with E-state index in [4.69, 9.17) is 4.74 Å². The van der Waals surface area contributed by atoms with Crippen LogP contribution in [0.3, 0.4) is 0 Å². The molecule has 0 saturated heterocycles. The minimum Gasteiger partial charge on any atom is -0.466 e. The number of aliphatic hydroxyl groups is 2. The second kappa shape index (κ2) is 51.2. The average Bonchev–Trinajstić information content (AvgIpc) is 3.26. The van der Waals surface area contributed by atoms with Crippen LogP contribution in [-0.4, -0.2) is 47.4 Å². The van der Waals surface area contributed by atoms with Crippen molar-refractivity contribution in [3.63, 3.8) is 0 Å². The summed E-state index contributed by atoms with van der Waals surface area (Å²) < 4.78 is 5.46. The Morgan fingerprint density at radius 1 is 0.443 bits per heavy atom. The molecule has 0 aliphatic rings. The molecule has 0 radical (unpaired) electrons. The van der Waals surface area contributed by atoms with E-state index in [0.29, 0.717) is 25.9 Å². The maximum Gasteiger partial charge on any atom is 0.305 e. The Kier molecular flexibility index (Phi) is 50.1. The number of carbonyl (C=O) groups excluding carboxylic acids is 2. The molecular weight excluding hydrogens is 755 g/mol. The van der Waals surface area contributed by atoms with Gasteiger partial charge in [-0.2, -0.15) is 0 Å². The molecule has 0 rings (SSSR count). The monoisotopic (exact) mass is 862 g/mol. The third-order valence-electron chi connectivity index (χ3n) is 12.8. The fourth-order valence-electron chi connectivity index (χ4n) is 8.58. The van der Waals surface area contributed by atoms with E-state index >= 15 is 0 Å². The largest absolute Gasteiger partial charge is 0.466 e. The van der Waals surface area contributed by atoms with E-state index in [-0.39, 0.29) is 18.5 Å². The summed E-state index contributed by atoms with van der Waals surface area (Å²) in [5.74, 6) is -0.0810. The van der Waals surface area contributed by atoms with Crippen molar-refractivity contribution in [2.24, 2.45) is 0 Å². The predicted molar refractivity (Wildman–Crippen MR) is 264 cm³/mol. The summed E-state index contributed by atoms with van der Waals surface area (Å²) in [5, 5.41) is 23.3. The van der Waals surface area contributed by atoms with E-state index < -0.39 is 12.1 Å². The van der Waals surface area contributed by atoms with Crippen LogP contribution in [0.4, 0.5) is 0 Å². The standard InChI is InChI=1S/C55H107NO5/c1-3-5-7-9-11-13-15-17-19-21-22-23-25-27-31-35-39-43-47-53(58)52(51-57)56-54(59)48-44-40-36-32-29-30-34-38-42-46-50-61-55(60)49-45-41-37-33-28-26-24-20-18-16-14-12-10-8-6-4-2/h20,24,52-53,57-58H,3-19,21-23,25-51H2,1-2H3,(H,56,59)/b24-20-. The van der Waals surface area contributed by atoms with Crippen molar-refractivity contribution in [2.75, 3.05) is 13.2 Å². The number of esters is 1. The molecule has 0 aromatic heterocycles. The highest BCUT2D eigenvalue weighted by Gasteiger charge is 2.20. The molecule has 0 aromatic carbocycles. The van der Waals surface area contributed by atoms with Gasteiger partial charge in [0.1, 0.15) is 0 Å². The van der Waals surface area contributed by atoms with Crippen LogP contribution >= 0.6 is 0 Å². The van der Waals surface area contributed by atoms with Crippen LogP contribution in [0.2, 0.25) is 0 Å². The van der Waals surface area contributed by atoms with Crippen LogP contribution in [0.25, 0.3) is 0 Å². The maximum absolute atomic E-state index is 12.5. The summed E-state index contributed by atoms with van der Waals surface area (Å²) in [4.78, 5) is 24.5. The van der Waals surface area contributed by atoms with E-state index in [1.807, 2.05) is 0 Å². The minimum atomic E-state index is -0.679. The summed E-state index contributed by atoms with van der Waals surface area (Å²) in [5.41, 5.74) is 0. The zero-order chi connectivity index (χ0) is 44.4. The van der Waals surface area contributed by atoms with Gasteiger partial charge in [-0.25, -0.2) is 0 Å². The summed E-state index contributed by atoms with van der Waals surface area (Å²) >= 11 is 0. The zero-order valence-electron chi connectivity index (χ0n) is 41.2. The molecule has 0 bridgehead atoms. The number of amides is 1. The van der Waals surface area contributed by atoms with Crippen molar-refractivity contribution in [1.82, 2.24) is 5.32 Å². The number of hydrogen-bond donors (Lipinski definition) is 3. The number of hydrogen-bond acceptors (Lipinski definition) is 5. The van der Waals surface area contributed by atoms with Crippen LogP contribution in [0.1, 0.15) is 303 Å². The molecule has 362 valence electrons. The fraction of sp³-hybridized carbons (Fsp3) is 0.927. The molecule has 6 nitrogen and oxygen atoms in total. The topological polar surface area (TPSA) is 95.9 Å². The van der Waals surface area contributed by atoms with Crippen LogP contribution in [0.15, 0.2) is 12.2 Å². The van der Waals surface area contributed by atoms with E-state index in [1.54, 1.807) is 0 Å². The summed E-state index contributed by atoms with van der Waals surface area (Å²) in [6.07, 6.45) is 59.0. The second-order valence-corrected chi connectivity index (χ2v) is 18.9. The molecule has 0 saturated carbocycles. The lowest BCUT2D eigenvalue weighted by Crippen LogP contribution is -2.45. The Morgan fingerprint density at radius 2 is 0.770 bits per heavy atom. The van der Waals surface area contributed by atoms with Crippen LogP contribution in [0.5, 0.6) is 0 Å². The summed E-state index contributed by atoms with van der Waals surface area (Å²) in [6.45, 7) is 4.91. The Bertz CT molecular complexity index is 909. The SMILES string of the molecule is CCCCCCCCC/C=C\CCCCCCCC(=O)OCCCCCCCCCCCCC(=O)NC(CO)C(O)CCCCCCCCCCCCCCCCCCCC. The molecule has 1 amide bonds. The van der Waals surface area contributed by atoms with Crippen molar-refractivity contribution < 1.29 is 24.5 Å². The number of nitrogens with one attached hydrogen (secondary N) is 1. The fourth-order valence-corrected chi connectivity index (χ4v) is 8.58. The molecule has 3 N–H and O–H groups in total. The van der Waals surface area contributed by atoms with Gasteiger partial charge in [-0.1, -0.05) is 251 Å². The predicted octanol–water partition coefficient (Wildman–Crippen LogP) is 16.5. The van der Waals surface area contributed by atoms with Crippen LogP contribution in [0, 0.1) is 0 Å². The van der Waals surface area contributed by atoms with E-state index in [1.165, 1.54) is 212 Å². The average molecular weight is 862 g/mol. The Morgan fingerprint density at radius 3 is 1.16 bits per heavy atom. The normalized spacial score (nSPS) is 12.7. The Labute approximate surface area is 380 Å². The number of unbranched alkanes of at least 4 members (excludes halogenated alkanes) is 38. The highest BCUT2D eigenvalue weighted by molar-refractivity contribution is 5.76. The first kappa shape index (κ1) is 59.6. The van der Waals surface area contributed by atoms with Gasteiger partial charge < -0.3 is 20.3 Å². The molecule has 6 heteroatoms. The molecular formula is C55H107NO5. The van der Waals surface area contributed by atoms with Gasteiger partial charge in [-0.05, 0) is 51.4 Å². The van der Waals surface area contributed by atoms with Gasteiger partial charge in [0.2, 0.25) is 5.91 Å². The first-order chi connectivity index (χ1) is 30.0. The quantitative estimate of drug-likeness (QED) is 0.0322. The number of ether oxygens (including phenoxy) is 1. The van der Waals surface area contributed by atoms with Gasteiger partial charge in [-0.3, -0.25) is 9.59 Å². The second-order valence-electron chi connectivity index (χ2n) is 18.9. The molecule has 0 heterocycles. The number of rotatable bonds is 51. The first-order valence-electron chi connectivity index (χ1n) is 27.4. The number of aliphatic hydroxyl groups excluding tert-OH is 2. The molecule has 2 atom stereocenters. The van der Waals surface area contributed by atoms with Crippen LogP contribution in [-0.2, 0) is 14.3 Å². The van der Waals surface area contributed by atoms with Crippen molar-refractivity contribution in [2.45, 2.75) is 315 Å². The van der Waals surface area contributed by atoms with Crippen molar-refractivity contribution >= 4 is 11.9 Å². The lowest BCUT2D eigenvalue weighted by Gasteiger charge is -2.22. The molecule has 0 aliphatic heterocycles. The molecule has 2 unspecified atom stereocenters. The van der Waals surface area contributed by atoms with E-state index in [0.717, 1.165) is 57.8 Å². The van der Waals surface area contributed by atoms with E-state index in [9.17, 15) is 19.8 Å². The number of allylic oxidation sites excluding steroid dienone is 2. The third kappa shape index (κ3) is 47.9. The third-order valence-corrected chi connectivity index (χ3v) is 12.8. The number of carbonyl (C=O) groups is 2. The van der Waals surface area contributed by atoms with Crippen molar-refractivity contribution in [1.29, 1.82) is 0 Å². The van der Waals surface area contributed by atoms with E-state index in [2.05, 4.69) is 31.3 Å². The summed E-state index contributed by atoms with van der Waals surface area (Å²) in [7, 11) is 0. The molecule has 61 heavy (non-hydrogen) atoms. The Hall–Kier alpha value is -1.40. The summed E-state index contributed by atoms with van der Waals surface area (Å²) in [6, 6.07) is -0.558. The van der Waals surface area contributed by atoms with Crippen molar-refractivity contribution in [3.8, 4) is 0 Å². The van der Waals surface area contributed by atoms with Gasteiger partial charge in [-0.15, -0.1) is 0 Å². The van der Waals surface area contributed by atoms with Gasteiger partial charge in [0.25, 0.3) is 0 Å². The lowest BCUT2D eigenvalue weighted by molar-refractivity contribution is -0.143. The highest BCUT2D eigenvalue weighted by atomic mass is 16.5. The van der Waals surface area contributed by atoms with Crippen LogP contribution < -0.4 is 5.32 Å². The minimum absolute atomic E-state index is 0.0253.